The Morgan fingerprint density at radius 1 is 1.41 bits per heavy atom. The SMILES string of the molecule is CC(C)COC(=O)C1CCC(N)C(C)C1(C)C. The summed E-state index contributed by atoms with van der Waals surface area (Å²) in [5.41, 5.74) is 6.02. The Morgan fingerprint density at radius 2 is 2.00 bits per heavy atom. The summed E-state index contributed by atoms with van der Waals surface area (Å²) < 4.78 is 5.38. The van der Waals surface area contributed by atoms with Crippen LogP contribution in [-0.2, 0) is 9.53 Å². The van der Waals surface area contributed by atoms with Gasteiger partial charge in [-0.25, -0.2) is 0 Å². The summed E-state index contributed by atoms with van der Waals surface area (Å²) in [5, 5.41) is 0. The van der Waals surface area contributed by atoms with Crippen LogP contribution in [0, 0.1) is 23.2 Å². The van der Waals surface area contributed by atoms with E-state index in [9.17, 15) is 4.79 Å². The van der Waals surface area contributed by atoms with Gasteiger partial charge in [0.1, 0.15) is 0 Å². The van der Waals surface area contributed by atoms with E-state index in [1.807, 2.05) is 0 Å². The maximum atomic E-state index is 12.1. The third-order valence-corrected chi connectivity index (χ3v) is 4.35. The molecule has 0 saturated heterocycles. The Labute approximate surface area is 105 Å². The highest BCUT2D eigenvalue weighted by Gasteiger charge is 2.45. The van der Waals surface area contributed by atoms with Crippen molar-refractivity contribution in [2.45, 2.75) is 53.5 Å². The Hall–Kier alpha value is -0.570. The van der Waals surface area contributed by atoms with E-state index >= 15 is 0 Å². The molecule has 0 radical (unpaired) electrons. The van der Waals surface area contributed by atoms with E-state index in [2.05, 4.69) is 34.6 Å². The first-order valence-electron chi connectivity index (χ1n) is 6.69. The zero-order valence-corrected chi connectivity index (χ0v) is 11.8. The molecule has 1 rings (SSSR count). The maximum Gasteiger partial charge on any atom is 0.309 e. The molecule has 2 N–H and O–H groups in total. The second-order valence-corrected chi connectivity index (χ2v) is 6.43. The van der Waals surface area contributed by atoms with E-state index in [-0.39, 0.29) is 23.3 Å². The van der Waals surface area contributed by atoms with Crippen molar-refractivity contribution < 1.29 is 9.53 Å². The van der Waals surface area contributed by atoms with Gasteiger partial charge in [0, 0.05) is 6.04 Å². The first-order valence-corrected chi connectivity index (χ1v) is 6.69. The summed E-state index contributed by atoms with van der Waals surface area (Å²) in [6.07, 6.45) is 1.78. The fourth-order valence-corrected chi connectivity index (χ4v) is 2.62. The Morgan fingerprint density at radius 3 is 2.53 bits per heavy atom. The molecule has 3 heteroatoms. The van der Waals surface area contributed by atoms with Crippen LogP contribution in [0.3, 0.4) is 0 Å². The monoisotopic (exact) mass is 241 g/mol. The molecule has 0 spiro atoms. The average molecular weight is 241 g/mol. The van der Waals surface area contributed by atoms with Crippen LogP contribution in [0.4, 0.5) is 0 Å². The summed E-state index contributed by atoms with van der Waals surface area (Å²) in [5.74, 6) is 0.705. The summed E-state index contributed by atoms with van der Waals surface area (Å²) in [4.78, 5) is 12.1. The predicted molar refractivity (Wildman–Crippen MR) is 69.4 cm³/mol. The van der Waals surface area contributed by atoms with Crippen molar-refractivity contribution in [1.82, 2.24) is 0 Å². The average Bonchev–Trinajstić information content (AvgIpc) is 2.23. The summed E-state index contributed by atoms with van der Waals surface area (Å²) >= 11 is 0. The molecule has 100 valence electrons. The van der Waals surface area contributed by atoms with Gasteiger partial charge in [0.25, 0.3) is 0 Å². The van der Waals surface area contributed by atoms with Gasteiger partial charge < -0.3 is 10.5 Å². The van der Waals surface area contributed by atoms with Gasteiger partial charge in [-0.2, -0.15) is 0 Å². The second-order valence-electron chi connectivity index (χ2n) is 6.43. The molecule has 0 aromatic rings. The van der Waals surface area contributed by atoms with Crippen LogP contribution in [0.2, 0.25) is 0 Å². The van der Waals surface area contributed by atoms with E-state index in [0.29, 0.717) is 18.4 Å². The Kier molecular flexibility index (Phi) is 4.59. The fraction of sp³-hybridized carbons (Fsp3) is 0.929. The van der Waals surface area contributed by atoms with E-state index in [0.717, 1.165) is 12.8 Å². The van der Waals surface area contributed by atoms with Crippen LogP contribution >= 0.6 is 0 Å². The van der Waals surface area contributed by atoms with E-state index in [1.54, 1.807) is 0 Å². The number of hydrogen-bond donors (Lipinski definition) is 1. The van der Waals surface area contributed by atoms with Crippen molar-refractivity contribution >= 4 is 5.97 Å². The Bertz CT molecular complexity index is 273. The van der Waals surface area contributed by atoms with Gasteiger partial charge in [-0.3, -0.25) is 4.79 Å². The molecular weight excluding hydrogens is 214 g/mol. The van der Waals surface area contributed by atoms with Crippen LogP contribution < -0.4 is 5.73 Å². The Balaban J connectivity index is 2.67. The van der Waals surface area contributed by atoms with E-state index in [4.69, 9.17) is 10.5 Å². The van der Waals surface area contributed by atoms with Crippen molar-refractivity contribution in [3.05, 3.63) is 0 Å². The summed E-state index contributed by atoms with van der Waals surface area (Å²) in [7, 11) is 0. The summed E-state index contributed by atoms with van der Waals surface area (Å²) in [6.45, 7) is 11.0. The van der Waals surface area contributed by atoms with Gasteiger partial charge in [-0.1, -0.05) is 34.6 Å². The number of nitrogens with two attached hydrogens (primary N) is 1. The molecular formula is C14H27NO2. The van der Waals surface area contributed by atoms with Gasteiger partial charge in [-0.15, -0.1) is 0 Å². The highest BCUT2D eigenvalue weighted by atomic mass is 16.5. The lowest BCUT2D eigenvalue weighted by Crippen LogP contribution is -2.49. The van der Waals surface area contributed by atoms with E-state index < -0.39 is 0 Å². The number of esters is 1. The molecule has 0 bridgehead atoms. The van der Waals surface area contributed by atoms with Gasteiger partial charge in [0.05, 0.1) is 12.5 Å². The number of carbonyl (C=O) groups excluding carboxylic acids is 1. The summed E-state index contributed by atoms with van der Waals surface area (Å²) in [6, 6.07) is 0.208. The molecule has 0 aliphatic heterocycles. The molecule has 3 nitrogen and oxygen atoms in total. The van der Waals surface area contributed by atoms with Crippen molar-refractivity contribution in [3.8, 4) is 0 Å². The molecule has 0 heterocycles. The minimum atomic E-state index is -0.0638. The molecule has 1 aliphatic rings. The highest BCUT2D eigenvalue weighted by molar-refractivity contribution is 5.73. The lowest BCUT2D eigenvalue weighted by molar-refractivity contribution is -0.158. The fourth-order valence-electron chi connectivity index (χ4n) is 2.62. The smallest absolute Gasteiger partial charge is 0.309 e. The maximum absolute atomic E-state index is 12.1. The van der Waals surface area contributed by atoms with Gasteiger partial charge >= 0.3 is 5.97 Å². The molecule has 1 aliphatic carbocycles. The van der Waals surface area contributed by atoms with Crippen molar-refractivity contribution in [2.75, 3.05) is 6.61 Å². The van der Waals surface area contributed by atoms with Crippen LogP contribution in [0.5, 0.6) is 0 Å². The van der Waals surface area contributed by atoms with Crippen molar-refractivity contribution in [2.24, 2.45) is 28.9 Å². The second kappa shape index (κ2) is 5.38. The van der Waals surface area contributed by atoms with Gasteiger partial charge in [0.2, 0.25) is 0 Å². The molecule has 1 saturated carbocycles. The molecule has 3 atom stereocenters. The topological polar surface area (TPSA) is 52.3 Å². The molecule has 1 fully saturated rings. The lowest BCUT2D eigenvalue weighted by atomic mass is 9.61. The van der Waals surface area contributed by atoms with Crippen LogP contribution in [0.25, 0.3) is 0 Å². The minimum absolute atomic E-state index is 0.00366. The molecule has 0 aromatic carbocycles. The molecule has 0 amide bonds. The van der Waals surface area contributed by atoms with Gasteiger partial charge in [-0.05, 0) is 30.1 Å². The third-order valence-electron chi connectivity index (χ3n) is 4.35. The zero-order valence-electron chi connectivity index (χ0n) is 11.8. The first-order chi connectivity index (χ1) is 7.76. The number of rotatable bonds is 3. The third kappa shape index (κ3) is 3.21. The van der Waals surface area contributed by atoms with E-state index in [1.165, 1.54) is 0 Å². The number of hydrogen-bond acceptors (Lipinski definition) is 3. The van der Waals surface area contributed by atoms with Crippen LogP contribution in [0.1, 0.15) is 47.5 Å². The standard InChI is InChI=1S/C14H27NO2/c1-9(2)8-17-13(16)11-6-7-12(15)10(3)14(11,4)5/h9-12H,6-8,15H2,1-5H3. The highest BCUT2D eigenvalue weighted by Crippen LogP contribution is 2.44. The molecule has 0 aromatic heterocycles. The number of carbonyl (C=O) groups is 1. The van der Waals surface area contributed by atoms with Crippen LogP contribution in [-0.4, -0.2) is 18.6 Å². The normalized spacial score (nSPS) is 32.5. The zero-order chi connectivity index (χ0) is 13.2. The lowest BCUT2D eigenvalue weighted by Gasteiger charge is -2.45. The van der Waals surface area contributed by atoms with Crippen molar-refractivity contribution in [3.63, 3.8) is 0 Å². The largest absolute Gasteiger partial charge is 0.465 e. The quantitative estimate of drug-likeness (QED) is 0.773. The molecule has 17 heavy (non-hydrogen) atoms. The van der Waals surface area contributed by atoms with Gasteiger partial charge in [0.15, 0.2) is 0 Å². The number of ether oxygens (including phenoxy) is 1. The van der Waals surface area contributed by atoms with Crippen LogP contribution in [0.15, 0.2) is 0 Å². The van der Waals surface area contributed by atoms with Crippen molar-refractivity contribution in [1.29, 1.82) is 0 Å². The predicted octanol–water partition coefficient (Wildman–Crippen LogP) is 2.59. The molecule has 3 unspecified atom stereocenters. The minimum Gasteiger partial charge on any atom is -0.465 e. The first kappa shape index (κ1) is 14.5.